The summed E-state index contributed by atoms with van der Waals surface area (Å²) < 4.78 is 0. The Labute approximate surface area is 170 Å². The summed E-state index contributed by atoms with van der Waals surface area (Å²) in [6, 6.07) is 14.8. The molecule has 2 unspecified atom stereocenters. The predicted molar refractivity (Wildman–Crippen MR) is 111 cm³/mol. The first-order valence-corrected chi connectivity index (χ1v) is 10.3. The van der Waals surface area contributed by atoms with Crippen LogP contribution in [-0.4, -0.2) is 53.6 Å². The number of benzene rings is 2. The third-order valence-corrected chi connectivity index (χ3v) is 5.84. The molecule has 2 amide bonds. The molecule has 152 valence electrons. The van der Waals surface area contributed by atoms with Crippen molar-refractivity contribution in [2.45, 2.75) is 38.0 Å². The molecule has 2 aromatic carbocycles. The van der Waals surface area contributed by atoms with Crippen LogP contribution in [0.5, 0.6) is 0 Å². The van der Waals surface area contributed by atoms with Crippen LogP contribution in [0.3, 0.4) is 0 Å². The standard InChI is InChI=1S/C23H27N3O3/c27-21(20-13-18-5-1-2-6-19(18)14-24-20)15-25-22(28)16-7-9-17(10-8-16)23(29)26-11-3-4-12-26/h1-2,5-10,20-21,24,27H,3-4,11-15H2,(H,25,28). The predicted octanol–water partition coefficient (Wildman–Crippen LogP) is 1.73. The van der Waals surface area contributed by atoms with E-state index >= 15 is 0 Å². The van der Waals surface area contributed by atoms with Gasteiger partial charge in [0.15, 0.2) is 0 Å². The number of likely N-dealkylation sites (tertiary alicyclic amines) is 1. The number of fused-ring (bicyclic) bond motifs is 1. The van der Waals surface area contributed by atoms with Gasteiger partial charge in [-0.3, -0.25) is 9.59 Å². The number of aliphatic hydroxyl groups is 1. The summed E-state index contributed by atoms with van der Waals surface area (Å²) in [5, 5.41) is 16.6. The van der Waals surface area contributed by atoms with Gasteiger partial charge in [0.1, 0.15) is 0 Å². The van der Waals surface area contributed by atoms with Crippen molar-refractivity contribution in [2.75, 3.05) is 19.6 Å². The fraction of sp³-hybridized carbons (Fsp3) is 0.391. The maximum Gasteiger partial charge on any atom is 0.253 e. The van der Waals surface area contributed by atoms with Crippen LogP contribution in [0.2, 0.25) is 0 Å². The van der Waals surface area contributed by atoms with Crippen LogP contribution in [0.15, 0.2) is 48.5 Å². The third kappa shape index (κ3) is 4.49. The van der Waals surface area contributed by atoms with E-state index in [4.69, 9.17) is 0 Å². The average molecular weight is 393 g/mol. The first kappa shape index (κ1) is 19.6. The van der Waals surface area contributed by atoms with Crippen molar-refractivity contribution in [3.8, 4) is 0 Å². The summed E-state index contributed by atoms with van der Waals surface area (Å²) in [4.78, 5) is 26.7. The van der Waals surface area contributed by atoms with Gasteiger partial charge in [0.05, 0.1) is 6.10 Å². The number of carbonyl (C=O) groups excluding carboxylic acids is 2. The van der Waals surface area contributed by atoms with Gasteiger partial charge in [-0.1, -0.05) is 24.3 Å². The minimum absolute atomic E-state index is 0.0218. The van der Waals surface area contributed by atoms with E-state index in [0.717, 1.165) is 38.9 Å². The third-order valence-electron chi connectivity index (χ3n) is 5.84. The Bertz CT molecular complexity index is 875. The molecule has 2 aromatic rings. The number of rotatable bonds is 5. The van der Waals surface area contributed by atoms with Crippen LogP contribution in [0, 0.1) is 0 Å². The molecule has 0 aliphatic carbocycles. The Hall–Kier alpha value is -2.70. The van der Waals surface area contributed by atoms with E-state index in [0.29, 0.717) is 11.1 Å². The zero-order valence-corrected chi connectivity index (χ0v) is 16.4. The number of aliphatic hydroxyl groups excluding tert-OH is 1. The number of amides is 2. The van der Waals surface area contributed by atoms with Gasteiger partial charge < -0.3 is 20.6 Å². The molecule has 0 saturated carbocycles. The van der Waals surface area contributed by atoms with Crippen LogP contribution >= 0.6 is 0 Å². The summed E-state index contributed by atoms with van der Waals surface area (Å²) in [6.07, 6.45) is 2.16. The second kappa shape index (κ2) is 8.76. The smallest absolute Gasteiger partial charge is 0.253 e. The Morgan fingerprint density at radius 1 is 1.03 bits per heavy atom. The van der Waals surface area contributed by atoms with Crippen LogP contribution < -0.4 is 10.6 Å². The fourth-order valence-corrected chi connectivity index (χ4v) is 4.06. The van der Waals surface area contributed by atoms with Crippen molar-refractivity contribution in [2.24, 2.45) is 0 Å². The van der Waals surface area contributed by atoms with E-state index in [1.165, 1.54) is 11.1 Å². The molecule has 0 bridgehead atoms. The average Bonchev–Trinajstić information content (AvgIpc) is 3.31. The van der Waals surface area contributed by atoms with Gasteiger partial charge in [-0.05, 0) is 54.7 Å². The van der Waals surface area contributed by atoms with E-state index in [-0.39, 0.29) is 24.4 Å². The highest BCUT2D eigenvalue weighted by Gasteiger charge is 2.25. The summed E-state index contributed by atoms with van der Waals surface area (Å²) in [5.41, 5.74) is 3.58. The fourth-order valence-electron chi connectivity index (χ4n) is 4.06. The Morgan fingerprint density at radius 3 is 2.41 bits per heavy atom. The molecule has 6 nitrogen and oxygen atoms in total. The van der Waals surface area contributed by atoms with E-state index in [1.807, 2.05) is 17.0 Å². The maximum atomic E-state index is 12.4. The molecular formula is C23H27N3O3. The lowest BCUT2D eigenvalue weighted by atomic mass is 9.93. The van der Waals surface area contributed by atoms with E-state index in [2.05, 4.69) is 22.8 Å². The van der Waals surface area contributed by atoms with Crippen LogP contribution in [0.1, 0.15) is 44.7 Å². The zero-order chi connectivity index (χ0) is 20.2. The number of hydrogen-bond donors (Lipinski definition) is 3. The first-order chi connectivity index (χ1) is 14.1. The second-order valence-corrected chi connectivity index (χ2v) is 7.81. The first-order valence-electron chi connectivity index (χ1n) is 10.3. The second-order valence-electron chi connectivity index (χ2n) is 7.81. The molecule has 6 heteroatoms. The molecule has 2 aliphatic heterocycles. The van der Waals surface area contributed by atoms with Crippen LogP contribution in [-0.2, 0) is 13.0 Å². The molecule has 0 aromatic heterocycles. The summed E-state index contributed by atoms with van der Waals surface area (Å²) in [6.45, 7) is 2.50. The minimum Gasteiger partial charge on any atom is -0.390 e. The molecular weight excluding hydrogens is 366 g/mol. The summed E-state index contributed by atoms with van der Waals surface area (Å²) in [7, 11) is 0. The highest BCUT2D eigenvalue weighted by atomic mass is 16.3. The van der Waals surface area contributed by atoms with Gasteiger partial charge in [0.25, 0.3) is 11.8 Å². The maximum absolute atomic E-state index is 12.4. The quantitative estimate of drug-likeness (QED) is 0.723. The molecule has 0 spiro atoms. The van der Waals surface area contributed by atoms with Crippen molar-refractivity contribution in [3.63, 3.8) is 0 Å². The highest BCUT2D eigenvalue weighted by Crippen LogP contribution is 2.18. The molecule has 4 rings (SSSR count). The van der Waals surface area contributed by atoms with Crippen molar-refractivity contribution < 1.29 is 14.7 Å². The van der Waals surface area contributed by atoms with Crippen molar-refractivity contribution >= 4 is 11.8 Å². The molecule has 1 saturated heterocycles. The summed E-state index contributed by atoms with van der Waals surface area (Å²) >= 11 is 0. The van der Waals surface area contributed by atoms with Crippen LogP contribution in [0.25, 0.3) is 0 Å². The Morgan fingerprint density at radius 2 is 1.69 bits per heavy atom. The molecule has 1 fully saturated rings. The topological polar surface area (TPSA) is 81.7 Å². The molecule has 2 heterocycles. The van der Waals surface area contributed by atoms with Gasteiger partial charge in [-0.25, -0.2) is 0 Å². The SMILES string of the molecule is O=C(NCC(O)C1Cc2ccccc2CN1)c1ccc(C(=O)N2CCCC2)cc1. The van der Waals surface area contributed by atoms with Gasteiger partial charge >= 0.3 is 0 Å². The monoisotopic (exact) mass is 393 g/mol. The van der Waals surface area contributed by atoms with Gasteiger partial charge in [-0.15, -0.1) is 0 Å². The number of carbonyl (C=O) groups is 2. The van der Waals surface area contributed by atoms with Gasteiger partial charge in [0, 0.05) is 43.3 Å². The Balaban J connectivity index is 1.30. The molecule has 2 atom stereocenters. The zero-order valence-electron chi connectivity index (χ0n) is 16.4. The number of hydrogen-bond acceptors (Lipinski definition) is 4. The number of nitrogens with zero attached hydrogens (tertiary/aromatic N) is 1. The van der Waals surface area contributed by atoms with Crippen LogP contribution in [0.4, 0.5) is 0 Å². The largest absolute Gasteiger partial charge is 0.390 e. The van der Waals surface area contributed by atoms with Crippen molar-refractivity contribution in [1.29, 1.82) is 0 Å². The van der Waals surface area contributed by atoms with Crippen molar-refractivity contribution in [1.82, 2.24) is 15.5 Å². The minimum atomic E-state index is -0.677. The summed E-state index contributed by atoms with van der Waals surface area (Å²) in [5.74, 6) is -0.228. The van der Waals surface area contributed by atoms with E-state index in [9.17, 15) is 14.7 Å². The van der Waals surface area contributed by atoms with Crippen molar-refractivity contribution in [3.05, 3.63) is 70.8 Å². The molecule has 2 aliphatic rings. The highest BCUT2D eigenvalue weighted by molar-refractivity contribution is 5.97. The van der Waals surface area contributed by atoms with Gasteiger partial charge in [-0.2, -0.15) is 0 Å². The Kier molecular flexibility index (Phi) is 5.92. The van der Waals surface area contributed by atoms with E-state index in [1.54, 1.807) is 24.3 Å². The molecule has 0 radical (unpaired) electrons. The lowest BCUT2D eigenvalue weighted by Gasteiger charge is -2.30. The lowest BCUT2D eigenvalue weighted by Crippen LogP contribution is -2.49. The number of nitrogens with one attached hydrogen (secondary N) is 2. The molecule has 29 heavy (non-hydrogen) atoms. The lowest BCUT2D eigenvalue weighted by molar-refractivity contribution is 0.0791. The van der Waals surface area contributed by atoms with Gasteiger partial charge in [0.2, 0.25) is 0 Å². The van der Waals surface area contributed by atoms with E-state index < -0.39 is 6.10 Å². The molecule has 3 N–H and O–H groups in total. The normalized spacial score (nSPS) is 19.5.